The van der Waals surface area contributed by atoms with E-state index in [0.29, 0.717) is 12.1 Å². The standard InChI is InChI=1S/C17H27N3O/c1-14(2)19(12-15-7-4-3-5-8-15)13-16-9-6-10-20(16)17(21)11-18/h3-5,7-8,14,16H,6,9-13,18H2,1-2H3. The lowest BCUT2D eigenvalue weighted by atomic mass is 10.1. The van der Waals surface area contributed by atoms with Gasteiger partial charge in [0.25, 0.3) is 0 Å². The minimum absolute atomic E-state index is 0.0842. The quantitative estimate of drug-likeness (QED) is 0.869. The third-order valence-corrected chi connectivity index (χ3v) is 4.28. The molecule has 0 bridgehead atoms. The summed E-state index contributed by atoms with van der Waals surface area (Å²) in [4.78, 5) is 16.3. The van der Waals surface area contributed by atoms with Crippen molar-refractivity contribution in [3.8, 4) is 0 Å². The highest BCUT2D eigenvalue weighted by Gasteiger charge is 2.29. The Morgan fingerprint density at radius 3 is 2.71 bits per heavy atom. The molecule has 4 nitrogen and oxygen atoms in total. The molecule has 2 rings (SSSR count). The Morgan fingerprint density at radius 2 is 2.10 bits per heavy atom. The van der Waals surface area contributed by atoms with Crippen molar-refractivity contribution in [1.82, 2.24) is 9.80 Å². The van der Waals surface area contributed by atoms with Gasteiger partial charge in [-0.3, -0.25) is 9.69 Å². The van der Waals surface area contributed by atoms with Gasteiger partial charge in [-0.1, -0.05) is 30.3 Å². The lowest BCUT2D eigenvalue weighted by molar-refractivity contribution is -0.130. The van der Waals surface area contributed by atoms with Gasteiger partial charge in [-0.15, -0.1) is 0 Å². The Balaban J connectivity index is 2.01. The van der Waals surface area contributed by atoms with Crippen molar-refractivity contribution >= 4 is 5.91 Å². The first-order valence-electron chi connectivity index (χ1n) is 7.89. The molecular weight excluding hydrogens is 262 g/mol. The maximum Gasteiger partial charge on any atom is 0.236 e. The van der Waals surface area contributed by atoms with Crippen LogP contribution in [0.25, 0.3) is 0 Å². The number of hydrogen-bond acceptors (Lipinski definition) is 3. The summed E-state index contributed by atoms with van der Waals surface area (Å²) in [6.45, 7) is 7.27. The Morgan fingerprint density at radius 1 is 1.38 bits per heavy atom. The summed E-state index contributed by atoms with van der Waals surface area (Å²) >= 11 is 0. The van der Waals surface area contributed by atoms with Crippen molar-refractivity contribution in [1.29, 1.82) is 0 Å². The average molecular weight is 289 g/mol. The van der Waals surface area contributed by atoms with E-state index in [4.69, 9.17) is 5.73 Å². The van der Waals surface area contributed by atoms with Gasteiger partial charge in [0.2, 0.25) is 5.91 Å². The summed E-state index contributed by atoms with van der Waals surface area (Å²) in [7, 11) is 0. The number of carbonyl (C=O) groups excluding carboxylic acids is 1. The minimum Gasteiger partial charge on any atom is -0.337 e. The number of nitrogens with two attached hydrogens (primary N) is 1. The van der Waals surface area contributed by atoms with Crippen LogP contribution in [0.2, 0.25) is 0 Å². The Labute approximate surface area is 127 Å². The average Bonchev–Trinajstić information content (AvgIpc) is 2.95. The van der Waals surface area contributed by atoms with Crippen molar-refractivity contribution in [2.24, 2.45) is 5.73 Å². The van der Waals surface area contributed by atoms with Crippen molar-refractivity contribution in [3.05, 3.63) is 35.9 Å². The fraction of sp³-hybridized carbons (Fsp3) is 0.588. The molecule has 0 radical (unpaired) electrons. The number of likely N-dealkylation sites (tertiary alicyclic amines) is 1. The van der Waals surface area contributed by atoms with Crippen molar-refractivity contribution < 1.29 is 4.79 Å². The molecule has 0 aliphatic carbocycles. The van der Waals surface area contributed by atoms with E-state index < -0.39 is 0 Å². The van der Waals surface area contributed by atoms with E-state index in [-0.39, 0.29) is 12.5 Å². The number of amides is 1. The van der Waals surface area contributed by atoms with E-state index in [0.717, 1.165) is 32.5 Å². The van der Waals surface area contributed by atoms with Gasteiger partial charge in [0.15, 0.2) is 0 Å². The molecule has 4 heteroatoms. The topological polar surface area (TPSA) is 49.6 Å². The maximum atomic E-state index is 11.9. The molecule has 1 aromatic rings. The van der Waals surface area contributed by atoms with E-state index in [1.807, 2.05) is 11.0 Å². The van der Waals surface area contributed by atoms with Gasteiger partial charge in [0.1, 0.15) is 0 Å². The molecule has 0 aromatic heterocycles. The highest BCUT2D eigenvalue weighted by Crippen LogP contribution is 2.20. The molecular formula is C17H27N3O. The fourth-order valence-electron chi connectivity index (χ4n) is 3.02. The zero-order valence-electron chi connectivity index (χ0n) is 13.2. The second kappa shape index (κ2) is 7.57. The van der Waals surface area contributed by atoms with E-state index in [2.05, 4.69) is 43.0 Å². The predicted molar refractivity (Wildman–Crippen MR) is 85.8 cm³/mol. The highest BCUT2D eigenvalue weighted by atomic mass is 16.2. The van der Waals surface area contributed by atoms with Crippen LogP contribution in [0.4, 0.5) is 0 Å². The number of carbonyl (C=O) groups is 1. The molecule has 0 spiro atoms. The molecule has 0 saturated carbocycles. The van der Waals surface area contributed by atoms with Crippen LogP contribution < -0.4 is 5.73 Å². The summed E-state index contributed by atoms with van der Waals surface area (Å²) in [5, 5.41) is 0. The van der Waals surface area contributed by atoms with Crippen LogP contribution in [0.5, 0.6) is 0 Å². The molecule has 116 valence electrons. The van der Waals surface area contributed by atoms with Gasteiger partial charge >= 0.3 is 0 Å². The van der Waals surface area contributed by atoms with E-state index >= 15 is 0 Å². The molecule has 1 aliphatic rings. The molecule has 1 unspecified atom stereocenters. The SMILES string of the molecule is CC(C)N(Cc1ccccc1)CC1CCCN1C(=O)CN. The van der Waals surface area contributed by atoms with Gasteiger partial charge in [-0.05, 0) is 32.3 Å². The number of rotatable bonds is 6. The second-order valence-electron chi connectivity index (χ2n) is 6.10. The van der Waals surface area contributed by atoms with Crippen LogP contribution in [0, 0.1) is 0 Å². The molecule has 1 saturated heterocycles. The third kappa shape index (κ3) is 4.29. The summed E-state index contributed by atoms with van der Waals surface area (Å²) in [6.07, 6.45) is 2.18. The first-order valence-corrected chi connectivity index (χ1v) is 7.89. The van der Waals surface area contributed by atoms with Crippen molar-refractivity contribution in [2.75, 3.05) is 19.6 Å². The zero-order valence-corrected chi connectivity index (χ0v) is 13.2. The van der Waals surface area contributed by atoms with E-state index in [1.54, 1.807) is 0 Å². The predicted octanol–water partition coefficient (Wildman–Crippen LogP) is 1.85. The van der Waals surface area contributed by atoms with Crippen LogP contribution in [0.1, 0.15) is 32.3 Å². The second-order valence-corrected chi connectivity index (χ2v) is 6.10. The van der Waals surface area contributed by atoms with Crippen molar-refractivity contribution in [3.63, 3.8) is 0 Å². The first kappa shape index (κ1) is 16.0. The first-order chi connectivity index (χ1) is 10.1. The fourth-order valence-corrected chi connectivity index (χ4v) is 3.02. The monoisotopic (exact) mass is 289 g/mol. The van der Waals surface area contributed by atoms with E-state index in [1.165, 1.54) is 5.56 Å². The summed E-state index contributed by atoms with van der Waals surface area (Å²) in [5.41, 5.74) is 6.84. The lowest BCUT2D eigenvalue weighted by Crippen LogP contribution is -2.46. The summed E-state index contributed by atoms with van der Waals surface area (Å²) in [5.74, 6) is 0.0842. The minimum atomic E-state index is 0.0842. The van der Waals surface area contributed by atoms with Crippen LogP contribution >= 0.6 is 0 Å². The van der Waals surface area contributed by atoms with E-state index in [9.17, 15) is 4.79 Å². The lowest BCUT2D eigenvalue weighted by Gasteiger charge is -2.33. The van der Waals surface area contributed by atoms with Crippen molar-refractivity contribution in [2.45, 2.75) is 45.3 Å². The Hall–Kier alpha value is -1.39. The zero-order chi connectivity index (χ0) is 15.2. The number of nitrogens with zero attached hydrogens (tertiary/aromatic N) is 2. The molecule has 1 aliphatic heterocycles. The number of benzene rings is 1. The Bertz CT molecular complexity index is 447. The summed E-state index contributed by atoms with van der Waals surface area (Å²) < 4.78 is 0. The number of hydrogen-bond donors (Lipinski definition) is 1. The Kier molecular flexibility index (Phi) is 5.76. The largest absolute Gasteiger partial charge is 0.337 e. The smallest absolute Gasteiger partial charge is 0.236 e. The van der Waals surface area contributed by atoms with Gasteiger partial charge in [-0.25, -0.2) is 0 Å². The molecule has 21 heavy (non-hydrogen) atoms. The molecule has 1 atom stereocenters. The molecule has 1 amide bonds. The van der Waals surface area contributed by atoms with Crippen LogP contribution in [0.15, 0.2) is 30.3 Å². The van der Waals surface area contributed by atoms with Crippen LogP contribution in [-0.4, -0.2) is 47.4 Å². The van der Waals surface area contributed by atoms with Gasteiger partial charge in [-0.2, -0.15) is 0 Å². The van der Waals surface area contributed by atoms with Gasteiger partial charge < -0.3 is 10.6 Å². The third-order valence-electron chi connectivity index (χ3n) is 4.28. The molecule has 2 N–H and O–H groups in total. The normalized spacial score (nSPS) is 18.7. The highest BCUT2D eigenvalue weighted by molar-refractivity contribution is 5.78. The molecule has 1 aromatic carbocycles. The molecule has 1 fully saturated rings. The maximum absolute atomic E-state index is 11.9. The summed E-state index contributed by atoms with van der Waals surface area (Å²) in [6, 6.07) is 11.3. The van der Waals surface area contributed by atoms with Gasteiger partial charge in [0.05, 0.1) is 6.54 Å². The molecule has 1 heterocycles. The van der Waals surface area contributed by atoms with Gasteiger partial charge in [0, 0.05) is 31.7 Å². The van der Waals surface area contributed by atoms with Crippen LogP contribution in [-0.2, 0) is 11.3 Å². The van der Waals surface area contributed by atoms with Crippen LogP contribution in [0.3, 0.4) is 0 Å².